The van der Waals surface area contributed by atoms with Gasteiger partial charge in [0.25, 0.3) is 11.5 Å². The maximum atomic E-state index is 13.2. The number of carbonyl (C=O) groups excluding carboxylic acids is 1. The van der Waals surface area contributed by atoms with Crippen LogP contribution in [0.3, 0.4) is 0 Å². The van der Waals surface area contributed by atoms with Crippen LogP contribution in [0, 0.1) is 5.41 Å². The Morgan fingerprint density at radius 2 is 1.91 bits per heavy atom. The van der Waals surface area contributed by atoms with Crippen LogP contribution in [0.5, 0.6) is 5.75 Å². The molecule has 164 valence electrons. The minimum absolute atomic E-state index is 0.00152. The normalized spacial score (nSPS) is 20.1. The van der Waals surface area contributed by atoms with Gasteiger partial charge in [0, 0.05) is 43.9 Å². The van der Waals surface area contributed by atoms with E-state index in [1.165, 1.54) is 0 Å². The van der Waals surface area contributed by atoms with Gasteiger partial charge < -0.3 is 9.64 Å². The van der Waals surface area contributed by atoms with E-state index in [4.69, 9.17) is 9.72 Å². The number of ether oxygens (including phenoxy) is 1. The van der Waals surface area contributed by atoms with Crippen molar-refractivity contribution in [3.63, 3.8) is 0 Å². The van der Waals surface area contributed by atoms with Gasteiger partial charge in [-0.1, -0.05) is 30.3 Å². The first-order chi connectivity index (χ1) is 15.6. The van der Waals surface area contributed by atoms with E-state index in [1.54, 1.807) is 31.6 Å². The number of aromatic nitrogens is 3. The summed E-state index contributed by atoms with van der Waals surface area (Å²) in [5.41, 5.74) is 2.23. The highest BCUT2D eigenvalue weighted by molar-refractivity contribution is 5.97. The number of likely N-dealkylation sites (tertiary alicyclic amines) is 1. The van der Waals surface area contributed by atoms with Crippen molar-refractivity contribution < 1.29 is 9.53 Å². The molecule has 2 aromatic heterocycles. The average Bonchev–Trinajstić information content (AvgIpc) is 3.17. The fourth-order valence-electron chi connectivity index (χ4n) is 5.00. The molecule has 0 bridgehead atoms. The number of benzene rings is 1. The molecule has 1 atom stereocenters. The summed E-state index contributed by atoms with van der Waals surface area (Å²) in [6.07, 6.45) is 6.63. The molecule has 1 amide bonds. The quantitative estimate of drug-likeness (QED) is 0.638. The lowest BCUT2D eigenvalue weighted by Gasteiger charge is -2.27. The highest BCUT2D eigenvalue weighted by atomic mass is 16.5. The van der Waals surface area contributed by atoms with E-state index in [0.717, 1.165) is 42.8 Å². The lowest BCUT2D eigenvalue weighted by molar-refractivity contribution is 0.0763. The van der Waals surface area contributed by atoms with Gasteiger partial charge in [-0.25, -0.2) is 4.98 Å². The second-order valence-electron chi connectivity index (χ2n) is 8.72. The number of rotatable bonds is 3. The Bertz CT molecular complexity index is 1210. The molecule has 1 unspecified atom stereocenters. The van der Waals surface area contributed by atoms with Gasteiger partial charge in [-0.3, -0.25) is 19.1 Å². The molecule has 7 nitrogen and oxygen atoms in total. The molecular formula is C25H26N4O3. The first-order valence-electron chi connectivity index (χ1n) is 11.0. The molecule has 1 aromatic carbocycles. The molecule has 0 aliphatic carbocycles. The van der Waals surface area contributed by atoms with E-state index in [9.17, 15) is 9.59 Å². The fourth-order valence-corrected chi connectivity index (χ4v) is 5.00. The Kier molecular flexibility index (Phi) is 5.25. The lowest BCUT2D eigenvalue weighted by atomic mass is 9.80. The predicted molar refractivity (Wildman–Crippen MR) is 121 cm³/mol. The van der Waals surface area contributed by atoms with Crippen molar-refractivity contribution >= 4 is 5.91 Å². The number of nitrogens with zero attached hydrogens (tertiary/aromatic N) is 4. The number of hydrogen-bond donors (Lipinski definition) is 0. The summed E-state index contributed by atoms with van der Waals surface area (Å²) in [5, 5.41) is 0. The summed E-state index contributed by atoms with van der Waals surface area (Å²) in [6, 6.07) is 13.2. The van der Waals surface area contributed by atoms with Crippen molar-refractivity contribution in [1.82, 2.24) is 19.4 Å². The van der Waals surface area contributed by atoms with Gasteiger partial charge in [0.05, 0.1) is 24.6 Å². The van der Waals surface area contributed by atoms with E-state index >= 15 is 0 Å². The van der Waals surface area contributed by atoms with Gasteiger partial charge in [-0.15, -0.1) is 0 Å². The highest BCUT2D eigenvalue weighted by Gasteiger charge is 2.41. The molecule has 1 fully saturated rings. The molecule has 7 heteroatoms. The molecule has 3 aromatic rings. The third-order valence-electron chi connectivity index (χ3n) is 6.86. The standard InChI is InChI=1S/C25H26N4O3/c1-32-21-16-26-12-8-19(21)24(31)28-13-10-25(17-28)9-7-22-27-20(18-5-3-2-4-6-18)15-23(30)29(22)14-11-25/h2-6,8,12,15-16H,7,9-11,13-14,17H2,1H3. The zero-order chi connectivity index (χ0) is 22.1. The molecule has 0 N–H and O–H groups in total. The van der Waals surface area contributed by atoms with Crippen LogP contribution in [0.2, 0.25) is 0 Å². The molecule has 4 heterocycles. The van der Waals surface area contributed by atoms with Crippen molar-refractivity contribution in [2.75, 3.05) is 20.2 Å². The maximum absolute atomic E-state index is 13.2. The van der Waals surface area contributed by atoms with Gasteiger partial charge in [-0.05, 0) is 30.7 Å². The smallest absolute Gasteiger partial charge is 0.257 e. The summed E-state index contributed by atoms with van der Waals surface area (Å²) in [4.78, 5) is 36.8. The van der Waals surface area contributed by atoms with E-state index in [-0.39, 0.29) is 16.9 Å². The van der Waals surface area contributed by atoms with E-state index in [0.29, 0.717) is 30.9 Å². The van der Waals surface area contributed by atoms with E-state index in [2.05, 4.69) is 4.98 Å². The molecule has 0 saturated carbocycles. The van der Waals surface area contributed by atoms with Gasteiger partial charge in [0.15, 0.2) is 0 Å². The summed E-state index contributed by atoms with van der Waals surface area (Å²) < 4.78 is 7.15. The van der Waals surface area contributed by atoms with Crippen LogP contribution < -0.4 is 10.3 Å². The zero-order valence-electron chi connectivity index (χ0n) is 18.2. The monoisotopic (exact) mass is 430 g/mol. The highest BCUT2D eigenvalue weighted by Crippen LogP contribution is 2.41. The number of aryl methyl sites for hydroxylation is 1. The fraction of sp³-hybridized carbons (Fsp3) is 0.360. The Morgan fingerprint density at radius 1 is 1.09 bits per heavy atom. The van der Waals surface area contributed by atoms with Crippen molar-refractivity contribution in [3.8, 4) is 17.0 Å². The minimum Gasteiger partial charge on any atom is -0.494 e. The molecular weight excluding hydrogens is 404 g/mol. The largest absolute Gasteiger partial charge is 0.494 e. The number of pyridine rings is 1. The van der Waals surface area contributed by atoms with E-state index < -0.39 is 0 Å². The first-order valence-corrected chi connectivity index (χ1v) is 11.0. The van der Waals surface area contributed by atoms with Gasteiger partial charge in [-0.2, -0.15) is 0 Å². The number of hydrogen-bond acceptors (Lipinski definition) is 5. The Morgan fingerprint density at radius 3 is 2.72 bits per heavy atom. The van der Waals surface area contributed by atoms with Crippen molar-refractivity contribution in [1.29, 1.82) is 0 Å². The van der Waals surface area contributed by atoms with Crippen LogP contribution in [0.4, 0.5) is 0 Å². The van der Waals surface area contributed by atoms with Crippen LogP contribution >= 0.6 is 0 Å². The third kappa shape index (κ3) is 3.68. The number of amides is 1. The van der Waals surface area contributed by atoms with Crippen molar-refractivity contribution in [2.45, 2.75) is 32.2 Å². The van der Waals surface area contributed by atoms with Crippen molar-refractivity contribution in [2.24, 2.45) is 5.41 Å². The van der Waals surface area contributed by atoms with Crippen molar-refractivity contribution in [3.05, 3.63) is 76.6 Å². The molecule has 0 radical (unpaired) electrons. The second-order valence-corrected chi connectivity index (χ2v) is 8.72. The summed E-state index contributed by atoms with van der Waals surface area (Å²) in [7, 11) is 1.55. The summed E-state index contributed by atoms with van der Waals surface area (Å²) in [5.74, 6) is 1.31. The second kappa shape index (κ2) is 8.22. The molecule has 2 aliphatic rings. The number of methoxy groups -OCH3 is 1. The van der Waals surface area contributed by atoms with Crippen LogP contribution in [0.1, 0.15) is 35.4 Å². The molecule has 1 saturated heterocycles. The van der Waals surface area contributed by atoms with Gasteiger partial charge >= 0.3 is 0 Å². The zero-order valence-corrected chi connectivity index (χ0v) is 18.2. The minimum atomic E-state index is -0.0236. The van der Waals surface area contributed by atoms with Crippen LogP contribution in [0.15, 0.2) is 59.7 Å². The molecule has 32 heavy (non-hydrogen) atoms. The topological polar surface area (TPSA) is 77.3 Å². The Labute approximate surface area is 186 Å². The number of carbonyl (C=O) groups is 1. The van der Waals surface area contributed by atoms with E-state index in [1.807, 2.05) is 39.8 Å². The van der Waals surface area contributed by atoms with Crippen LogP contribution in [-0.4, -0.2) is 45.5 Å². The maximum Gasteiger partial charge on any atom is 0.257 e. The Balaban J connectivity index is 1.36. The third-order valence-corrected chi connectivity index (χ3v) is 6.86. The predicted octanol–water partition coefficient (Wildman–Crippen LogP) is 3.18. The molecule has 2 aliphatic heterocycles. The average molecular weight is 431 g/mol. The van der Waals surface area contributed by atoms with Crippen LogP contribution in [-0.2, 0) is 13.0 Å². The van der Waals surface area contributed by atoms with Gasteiger partial charge in [0.1, 0.15) is 11.6 Å². The summed E-state index contributed by atoms with van der Waals surface area (Å²) >= 11 is 0. The summed E-state index contributed by atoms with van der Waals surface area (Å²) in [6.45, 7) is 2.03. The lowest BCUT2D eigenvalue weighted by Crippen LogP contribution is -2.33. The van der Waals surface area contributed by atoms with Gasteiger partial charge in [0.2, 0.25) is 0 Å². The SMILES string of the molecule is COc1cnccc1C(=O)N1CCC2(CCc3nc(-c4ccccc4)cc(=O)n3CC2)C1. The Hall–Kier alpha value is -3.48. The first kappa shape index (κ1) is 20.4. The number of fused-ring (bicyclic) bond motifs is 1. The molecule has 5 rings (SSSR count). The van der Waals surface area contributed by atoms with Crippen LogP contribution in [0.25, 0.3) is 11.3 Å². The molecule has 1 spiro atoms.